The largest absolute Gasteiger partial charge is 0.481 e. The summed E-state index contributed by atoms with van der Waals surface area (Å²) in [5, 5.41) is 8.87. The van der Waals surface area contributed by atoms with Crippen LogP contribution in [0, 0.1) is 11.8 Å². The number of hydrogen-bond acceptors (Lipinski definition) is 2. The van der Waals surface area contributed by atoms with E-state index in [9.17, 15) is 4.79 Å². The lowest BCUT2D eigenvalue weighted by atomic mass is 9.79. The minimum atomic E-state index is -0.677. The molecule has 0 saturated heterocycles. The number of rotatable bonds is 2. The molecule has 0 aromatic rings. The summed E-state index contributed by atoms with van der Waals surface area (Å²) in [6.45, 7) is 2.00. The maximum Gasteiger partial charge on any atom is 0.306 e. The van der Waals surface area contributed by atoms with Gasteiger partial charge in [0.1, 0.15) is 0 Å². The molecule has 1 N–H and O–H groups in total. The van der Waals surface area contributed by atoms with Gasteiger partial charge in [0.05, 0.1) is 12.0 Å². The Morgan fingerprint density at radius 1 is 1.50 bits per heavy atom. The molecule has 0 unspecified atom stereocenters. The molecule has 0 aromatic carbocycles. The Morgan fingerprint density at radius 2 is 2.17 bits per heavy atom. The SMILES string of the molecule is CO[C@@H]1CC[C@@H](C)[C@H](C(=O)O)C1. The van der Waals surface area contributed by atoms with Crippen LogP contribution in [-0.4, -0.2) is 24.3 Å². The van der Waals surface area contributed by atoms with Crippen LogP contribution in [0.15, 0.2) is 0 Å². The molecule has 0 aliphatic heterocycles. The number of methoxy groups -OCH3 is 1. The number of aliphatic carboxylic acids is 1. The van der Waals surface area contributed by atoms with Gasteiger partial charge in [-0.1, -0.05) is 6.92 Å². The average Bonchev–Trinajstić information content (AvgIpc) is 2.05. The van der Waals surface area contributed by atoms with Crippen LogP contribution in [0.3, 0.4) is 0 Å². The van der Waals surface area contributed by atoms with E-state index in [-0.39, 0.29) is 12.0 Å². The van der Waals surface area contributed by atoms with Gasteiger partial charge in [0.2, 0.25) is 0 Å². The summed E-state index contributed by atoms with van der Waals surface area (Å²) in [4.78, 5) is 10.8. The van der Waals surface area contributed by atoms with Gasteiger partial charge in [-0.2, -0.15) is 0 Å². The maximum atomic E-state index is 10.8. The second kappa shape index (κ2) is 3.90. The molecule has 1 saturated carbocycles. The van der Waals surface area contributed by atoms with Gasteiger partial charge >= 0.3 is 5.97 Å². The molecule has 1 fully saturated rings. The molecule has 0 radical (unpaired) electrons. The highest BCUT2D eigenvalue weighted by Crippen LogP contribution is 2.31. The van der Waals surface area contributed by atoms with Crippen molar-refractivity contribution in [1.29, 1.82) is 0 Å². The predicted octanol–water partition coefficient (Wildman–Crippen LogP) is 1.52. The molecule has 0 bridgehead atoms. The summed E-state index contributed by atoms with van der Waals surface area (Å²) in [6.07, 6.45) is 2.80. The van der Waals surface area contributed by atoms with Crippen molar-refractivity contribution in [1.82, 2.24) is 0 Å². The van der Waals surface area contributed by atoms with Crippen LogP contribution in [0.5, 0.6) is 0 Å². The zero-order valence-corrected chi connectivity index (χ0v) is 7.62. The summed E-state index contributed by atoms with van der Waals surface area (Å²) >= 11 is 0. The van der Waals surface area contributed by atoms with E-state index in [1.807, 2.05) is 6.92 Å². The number of carboxylic acid groups (broad SMARTS) is 1. The maximum absolute atomic E-state index is 10.8. The molecule has 70 valence electrons. The van der Waals surface area contributed by atoms with Crippen molar-refractivity contribution < 1.29 is 14.6 Å². The van der Waals surface area contributed by atoms with Gasteiger partial charge in [-0.3, -0.25) is 4.79 Å². The normalized spacial score (nSPS) is 36.3. The van der Waals surface area contributed by atoms with Crippen LogP contribution < -0.4 is 0 Å². The standard InChI is InChI=1S/C9H16O3/c1-6-3-4-7(12-2)5-8(6)9(10)11/h6-8H,3-5H2,1-2H3,(H,10,11)/t6-,7-,8-/m1/s1. The number of ether oxygens (including phenoxy) is 1. The lowest BCUT2D eigenvalue weighted by Gasteiger charge is -2.30. The molecule has 0 amide bonds. The molecule has 12 heavy (non-hydrogen) atoms. The van der Waals surface area contributed by atoms with E-state index in [1.165, 1.54) is 0 Å². The van der Waals surface area contributed by atoms with E-state index < -0.39 is 5.97 Å². The summed E-state index contributed by atoms with van der Waals surface area (Å²) in [5.41, 5.74) is 0. The number of carboxylic acids is 1. The molecular weight excluding hydrogens is 156 g/mol. The first-order valence-electron chi connectivity index (χ1n) is 4.40. The molecule has 1 aliphatic carbocycles. The number of hydrogen-bond donors (Lipinski definition) is 1. The fraction of sp³-hybridized carbons (Fsp3) is 0.889. The van der Waals surface area contributed by atoms with Crippen molar-refractivity contribution in [2.24, 2.45) is 11.8 Å². The van der Waals surface area contributed by atoms with Crippen LogP contribution in [0.4, 0.5) is 0 Å². The van der Waals surface area contributed by atoms with Gasteiger partial charge in [-0.05, 0) is 25.2 Å². The quantitative estimate of drug-likeness (QED) is 0.687. The Bertz CT molecular complexity index is 167. The first-order valence-corrected chi connectivity index (χ1v) is 4.40. The van der Waals surface area contributed by atoms with Crippen molar-refractivity contribution >= 4 is 5.97 Å². The Labute approximate surface area is 72.7 Å². The third kappa shape index (κ3) is 1.97. The van der Waals surface area contributed by atoms with Crippen molar-refractivity contribution in [3.8, 4) is 0 Å². The van der Waals surface area contributed by atoms with Crippen molar-refractivity contribution in [2.75, 3.05) is 7.11 Å². The van der Waals surface area contributed by atoms with E-state index in [0.29, 0.717) is 12.3 Å². The van der Waals surface area contributed by atoms with Gasteiger partial charge in [0.15, 0.2) is 0 Å². The van der Waals surface area contributed by atoms with E-state index in [2.05, 4.69) is 0 Å². The van der Waals surface area contributed by atoms with E-state index >= 15 is 0 Å². The fourth-order valence-electron chi connectivity index (χ4n) is 1.84. The molecule has 3 atom stereocenters. The van der Waals surface area contributed by atoms with Crippen LogP contribution in [0.2, 0.25) is 0 Å². The van der Waals surface area contributed by atoms with Gasteiger partial charge in [0.25, 0.3) is 0 Å². The van der Waals surface area contributed by atoms with Gasteiger partial charge in [-0.15, -0.1) is 0 Å². The zero-order chi connectivity index (χ0) is 9.14. The second-order valence-electron chi connectivity index (χ2n) is 3.59. The van der Waals surface area contributed by atoms with Crippen LogP contribution >= 0.6 is 0 Å². The minimum Gasteiger partial charge on any atom is -0.481 e. The topological polar surface area (TPSA) is 46.5 Å². The highest BCUT2D eigenvalue weighted by atomic mass is 16.5. The fourth-order valence-corrected chi connectivity index (χ4v) is 1.84. The van der Waals surface area contributed by atoms with Crippen LogP contribution in [0.1, 0.15) is 26.2 Å². The summed E-state index contributed by atoms with van der Waals surface area (Å²) in [5.74, 6) is -0.582. The Morgan fingerprint density at radius 3 is 2.67 bits per heavy atom. The molecular formula is C9H16O3. The lowest BCUT2D eigenvalue weighted by Crippen LogP contribution is -2.32. The Balaban J connectivity index is 2.53. The summed E-state index contributed by atoms with van der Waals surface area (Å²) < 4.78 is 5.16. The lowest BCUT2D eigenvalue weighted by molar-refractivity contribution is -0.146. The molecule has 1 rings (SSSR count). The van der Waals surface area contributed by atoms with Crippen LogP contribution in [-0.2, 0) is 9.53 Å². The molecule has 3 nitrogen and oxygen atoms in total. The zero-order valence-electron chi connectivity index (χ0n) is 7.62. The smallest absolute Gasteiger partial charge is 0.306 e. The highest BCUT2D eigenvalue weighted by molar-refractivity contribution is 5.70. The molecule has 0 aromatic heterocycles. The first-order chi connectivity index (χ1) is 5.65. The first kappa shape index (κ1) is 9.52. The molecule has 0 heterocycles. The van der Waals surface area contributed by atoms with Crippen molar-refractivity contribution in [3.05, 3.63) is 0 Å². The number of carbonyl (C=O) groups is 1. The third-order valence-corrected chi connectivity index (χ3v) is 2.80. The third-order valence-electron chi connectivity index (χ3n) is 2.80. The molecule has 1 aliphatic rings. The Kier molecular flexibility index (Phi) is 3.09. The van der Waals surface area contributed by atoms with Gasteiger partial charge in [0, 0.05) is 7.11 Å². The van der Waals surface area contributed by atoms with E-state index in [0.717, 1.165) is 12.8 Å². The van der Waals surface area contributed by atoms with E-state index in [4.69, 9.17) is 9.84 Å². The van der Waals surface area contributed by atoms with Gasteiger partial charge < -0.3 is 9.84 Å². The van der Waals surface area contributed by atoms with E-state index in [1.54, 1.807) is 7.11 Å². The highest BCUT2D eigenvalue weighted by Gasteiger charge is 2.32. The van der Waals surface area contributed by atoms with Crippen molar-refractivity contribution in [2.45, 2.75) is 32.3 Å². The predicted molar refractivity (Wildman–Crippen MR) is 44.9 cm³/mol. The monoisotopic (exact) mass is 172 g/mol. The second-order valence-corrected chi connectivity index (χ2v) is 3.59. The van der Waals surface area contributed by atoms with Crippen molar-refractivity contribution in [3.63, 3.8) is 0 Å². The minimum absolute atomic E-state index is 0.155. The summed E-state index contributed by atoms with van der Waals surface area (Å²) in [7, 11) is 1.65. The molecule has 0 spiro atoms. The van der Waals surface area contributed by atoms with Crippen LogP contribution in [0.25, 0.3) is 0 Å². The molecule has 3 heteroatoms. The Hall–Kier alpha value is -0.570. The average molecular weight is 172 g/mol. The summed E-state index contributed by atoms with van der Waals surface area (Å²) in [6, 6.07) is 0. The van der Waals surface area contributed by atoms with Gasteiger partial charge in [-0.25, -0.2) is 0 Å².